The van der Waals surface area contributed by atoms with Crippen LogP contribution in [0.4, 0.5) is 0 Å². The number of hydrogen-bond donors (Lipinski definition) is 1. The molecule has 0 atom stereocenters. The van der Waals surface area contributed by atoms with E-state index in [9.17, 15) is 9.59 Å². The molecule has 2 aromatic rings. The number of carbonyl (C=O) groups excluding carboxylic acids is 1. The van der Waals surface area contributed by atoms with E-state index in [1.54, 1.807) is 6.08 Å². The van der Waals surface area contributed by atoms with Gasteiger partial charge in [0.1, 0.15) is 21.5 Å². The number of hydrogen-bond acceptors (Lipinski definition) is 5. The zero-order chi connectivity index (χ0) is 20.1. The van der Waals surface area contributed by atoms with Gasteiger partial charge in [0.2, 0.25) is 5.12 Å². The van der Waals surface area contributed by atoms with E-state index in [2.05, 4.69) is 0 Å². The molecule has 1 fully saturated rings. The van der Waals surface area contributed by atoms with Crippen LogP contribution in [0.5, 0.6) is 0 Å². The fourth-order valence-corrected chi connectivity index (χ4v) is 4.13. The van der Waals surface area contributed by atoms with Gasteiger partial charge < -0.3 is 14.4 Å². The minimum atomic E-state index is -0.787. The number of carboxylic acids is 1. The molecule has 28 heavy (non-hydrogen) atoms. The van der Waals surface area contributed by atoms with Crippen molar-refractivity contribution >= 4 is 45.5 Å². The minimum Gasteiger partial charge on any atom is -0.481 e. The number of rotatable bonds is 8. The van der Waals surface area contributed by atoms with Crippen LogP contribution in [-0.2, 0) is 9.59 Å². The summed E-state index contributed by atoms with van der Waals surface area (Å²) < 4.78 is 6.44. The number of carbonyl (C=O) groups is 2. The Kier molecular flexibility index (Phi) is 6.70. The summed E-state index contributed by atoms with van der Waals surface area (Å²) in [6, 6.07) is 11.8. The first-order valence-electron chi connectivity index (χ1n) is 9.08. The van der Waals surface area contributed by atoms with Gasteiger partial charge in [-0.25, -0.2) is 0 Å². The maximum atomic E-state index is 12.3. The van der Waals surface area contributed by atoms with Gasteiger partial charge in [0.05, 0.1) is 0 Å². The van der Waals surface area contributed by atoms with Crippen LogP contribution in [0.2, 0.25) is 0 Å². The molecule has 2 heterocycles. The van der Waals surface area contributed by atoms with Crippen molar-refractivity contribution in [3.05, 3.63) is 53.4 Å². The molecule has 1 saturated heterocycles. The Morgan fingerprint density at radius 1 is 1.25 bits per heavy atom. The summed E-state index contributed by atoms with van der Waals surface area (Å²) in [6.07, 6.45) is 4.05. The molecule has 1 aliphatic heterocycles. The first-order valence-corrected chi connectivity index (χ1v) is 10.3. The molecule has 5 nitrogen and oxygen atoms in total. The number of carboxylic acid groups (broad SMARTS) is 1. The molecular formula is C21H21NO4S2. The molecule has 0 amide bonds. The zero-order valence-electron chi connectivity index (χ0n) is 15.5. The van der Waals surface area contributed by atoms with Crippen LogP contribution in [0, 0.1) is 6.92 Å². The van der Waals surface area contributed by atoms with Crippen molar-refractivity contribution in [1.82, 2.24) is 4.90 Å². The number of thioether (sulfide) groups is 1. The molecule has 1 aliphatic rings. The van der Waals surface area contributed by atoms with Crippen molar-refractivity contribution in [2.45, 2.75) is 32.6 Å². The average Bonchev–Trinajstić information content (AvgIpc) is 3.21. The van der Waals surface area contributed by atoms with Gasteiger partial charge >= 0.3 is 5.97 Å². The molecule has 0 bridgehead atoms. The fraction of sp³-hybridized carbons (Fsp3) is 0.286. The maximum absolute atomic E-state index is 12.3. The molecule has 7 heteroatoms. The Balaban J connectivity index is 1.71. The third kappa shape index (κ3) is 5.11. The van der Waals surface area contributed by atoms with Gasteiger partial charge in [0, 0.05) is 24.6 Å². The standard InChI is InChI=1S/C21H21NO4S2/c1-14-6-5-7-15(12-14)18-10-9-16(26-18)13-17-20(25)28-21(27)22(17)11-4-2-3-8-19(23)24/h5-7,9-10,12-13H,2-4,8,11H2,1H3,(H,23,24)/b17-13+. The lowest BCUT2D eigenvalue weighted by molar-refractivity contribution is -0.137. The number of aliphatic carboxylic acids is 1. The number of nitrogens with zero attached hydrogens (tertiary/aromatic N) is 1. The van der Waals surface area contributed by atoms with Gasteiger partial charge in [-0.15, -0.1) is 0 Å². The summed E-state index contributed by atoms with van der Waals surface area (Å²) in [5.74, 6) is 0.558. The number of furan rings is 1. The van der Waals surface area contributed by atoms with E-state index < -0.39 is 5.97 Å². The van der Waals surface area contributed by atoms with Crippen molar-refractivity contribution in [3.8, 4) is 11.3 Å². The smallest absolute Gasteiger partial charge is 0.303 e. The highest BCUT2D eigenvalue weighted by Crippen LogP contribution is 2.32. The number of aryl methyl sites for hydroxylation is 1. The lowest BCUT2D eigenvalue weighted by Crippen LogP contribution is -2.23. The van der Waals surface area contributed by atoms with Crippen molar-refractivity contribution in [1.29, 1.82) is 0 Å². The second-order valence-electron chi connectivity index (χ2n) is 6.61. The summed E-state index contributed by atoms with van der Waals surface area (Å²) in [5, 5.41) is 8.61. The van der Waals surface area contributed by atoms with E-state index in [-0.39, 0.29) is 11.5 Å². The van der Waals surface area contributed by atoms with Crippen LogP contribution in [0.25, 0.3) is 17.4 Å². The third-order valence-electron chi connectivity index (χ3n) is 4.38. The summed E-state index contributed by atoms with van der Waals surface area (Å²) >= 11 is 6.37. The van der Waals surface area contributed by atoms with E-state index in [0.29, 0.717) is 28.7 Å². The van der Waals surface area contributed by atoms with E-state index in [4.69, 9.17) is 21.7 Å². The Morgan fingerprint density at radius 3 is 2.82 bits per heavy atom. The van der Waals surface area contributed by atoms with E-state index in [1.165, 1.54) is 0 Å². The topological polar surface area (TPSA) is 70.8 Å². The van der Waals surface area contributed by atoms with Crippen LogP contribution in [0.15, 0.2) is 46.5 Å². The quantitative estimate of drug-likeness (QED) is 0.365. The highest BCUT2D eigenvalue weighted by atomic mass is 32.2. The second kappa shape index (κ2) is 9.21. The second-order valence-corrected chi connectivity index (χ2v) is 8.22. The normalized spacial score (nSPS) is 15.6. The molecule has 146 valence electrons. The predicted molar refractivity (Wildman–Crippen MR) is 115 cm³/mol. The molecule has 0 aliphatic carbocycles. The molecule has 0 saturated carbocycles. The Hall–Kier alpha value is -2.38. The van der Waals surface area contributed by atoms with E-state index in [0.717, 1.165) is 41.5 Å². The highest BCUT2D eigenvalue weighted by molar-refractivity contribution is 8.33. The van der Waals surface area contributed by atoms with Crippen LogP contribution in [-0.4, -0.2) is 32.0 Å². The number of benzene rings is 1. The van der Waals surface area contributed by atoms with Gasteiger partial charge in [-0.3, -0.25) is 9.59 Å². The van der Waals surface area contributed by atoms with Gasteiger partial charge in [0.15, 0.2) is 0 Å². The highest BCUT2D eigenvalue weighted by Gasteiger charge is 2.31. The van der Waals surface area contributed by atoms with Crippen molar-refractivity contribution in [3.63, 3.8) is 0 Å². The third-order valence-corrected chi connectivity index (χ3v) is 5.64. The van der Waals surface area contributed by atoms with Gasteiger partial charge in [0.25, 0.3) is 0 Å². The van der Waals surface area contributed by atoms with E-state index in [1.807, 2.05) is 48.2 Å². The van der Waals surface area contributed by atoms with Gasteiger partial charge in [-0.2, -0.15) is 0 Å². The van der Waals surface area contributed by atoms with E-state index >= 15 is 0 Å². The summed E-state index contributed by atoms with van der Waals surface area (Å²) in [4.78, 5) is 24.8. The number of unbranched alkanes of at least 4 members (excludes halogenated alkanes) is 2. The molecule has 0 spiro atoms. The average molecular weight is 416 g/mol. The SMILES string of the molecule is Cc1cccc(-c2ccc(/C=C3\C(=O)SC(=S)N3CCCCCC(=O)O)o2)c1. The zero-order valence-corrected chi connectivity index (χ0v) is 17.1. The molecule has 1 aromatic heterocycles. The monoisotopic (exact) mass is 415 g/mol. The minimum absolute atomic E-state index is 0.0935. The van der Waals surface area contributed by atoms with Crippen molar-refractivity contribution in [2.24, 2.45) is 0 Å². The largest absolute Gasteiger partial charge is 0.481 e. The maximum Gasteiger partial charge on any atom is 0.303 e. The molecule has 3 rings (SSSR count). The Morgan fingerprint density at radius 2 is 2.07 bits per heavy atom. The Bertz CT molecular complexity index is 932. The molecular weight excluding hydrogens is 394 g/mol. The van der Waals surface area contributed by atoms with Crippen LogP contribution >= 0.6 is 24.0 Å². The first-order chi connectivity index (χ1) is 13.4. The van der Waals surface area contributed by atoms with Crippen molar-refractivity contribution < 1.29 is 19.1 Å². The summed E-state index contributed by atoms with van der Waals surface area (Å²) in [6.45, 7) is 2.62. The molecule has 0 radical (unpaired) electrons. The predicted octanol–water partition coefficient (Wildman–Crippen LogP) is 5.10. The molecule has 0 unspecified atom stereocenters. The molecule has 1 aromatic carbocycles. The van der Waals surface area contributed by atoms with Gasteiger partial charge in [-0.1, -0.05) is 42.4 Å². The first kappa shape index (κ1) is 20.4. The lowest BCUT2D eigenvalue weighted by Gasteiger charge is -2.17. The lowest BCUT2D eigenvalue weighted by atomic mass is 10.1. The van der Waals surface area contributed by atoms with Crippen LogP contribution in [0.3, 0.4) is 0 Å². The van der Waals surface area contributed by atoms with Crippen LogP contribution in [0.1, 0.15) is 37.0 Å². The Labute approximate surface area is 173 Å². The number of thiocarbonyl (C=S) groups is 1. The summed E-state index contributed by atoms with van der Waals surface area (Å²) in [5.41, 5.74) is 2.65. The van der Waals surface area contributed by atoms with Gasteiger partial charge in [-0.05, 0) is 49.7 Å². The summed E-state index contributed by atoms with van der Waals surface area (Å²) in [7, 11) is 0. The van der Waals surface area contributed by atoms with Crippen molar-refractivity contribution in [2.75, 3.05) is 6.54 Å². The van der Waals surface area contributed by atoms with Crippen LogP contribution < -0.4 is 0 Å². The molecule has 1 N–H and O–H groups in total. The fourth-order valence-electron chi connectivity index (χ4n) is 2.99.